The lowest BCUT2D eigenvalue weighted by molar-refractivity contribution is 0.309. The summed E-state index contributed by atoms with van der Waals surface area (Å²) in [4.78, 5) is 22.5. The van der Waals surface area contributed by atoms with Gasteiger partial charge in [0.2, 0.25) is 0 Å². The number of nitriles is 1. The zero-order chi connectivity index (χ0) is 25.5. The van der Waals surface area contributed by atoms with Gasteiger partial charge in [-0.1, -0.05) is 36.4 Å². The van der Waals surface area contributed by atoms with Gasteiger partial charge in [-0.25, -0.2) is 9.29 Å². The summed E-state index contributed by atoms with van der Waals surface area (Å²) >= 11 is 1.36. The molecule has 1 aliphatic rings. The molecule has 0 saturated carbocycles. The van der Waals surface area contributed by atoms with E-state index in [-0.39, 0.29) is 5.56 Å². The molecule has 37 heavy (non-hydrogen) atoms. The lowest BCUT2D eigenvalue weighted by atomic mass is 10.2. The summed E-state index contributed by atoms with van der Waals surface area (Å²) in [5.41, 5.74) is 3.22. The third-order valence-corrected chi connectivity index (χ3v) is 7.01. The first-order valence-corrected chi connectivity index (χ1v) is 12.9. The van der Waals surface area contributed by atoms with Crippen molar-refractivity contribution in [1.29, 1.82) is 5.26 Å². The number of fused-ring (bicyclic) bond motifs is 1. The Labute approximate surface area is 219 Å². The van der Waals surface area contributed by atoms with E-state index in [1.807, 2.05) is 60.7 Å². The molecular weight excluding hydrogens is 486 g/mol. The van der Waals surface area contributed by atoms with Crippen LogP contribution in [0.3, 0.4) is 0 Å². The van der Waals surface area contributed by atoms with Crippen LogP contribution < -0.4 is 15.2 Å². The number of ether oxygens (including phenoxy) is 1. The minimum absolute atomic E-state index is 0.184. The highest BCUT2D eigenvalue weighted by molar-refractivity contribution is 7.92. The van der Waals surface area contributed by atoms with Crippen LogP contribution in [0.5, 0.6) is 5.75 Å². The molecule has 1 aromatic heterocycles. The van der Waals surface area contributed by atoms with E-state index in [1.54, 1.807) is 12.1 Å². The van der Waals surface area contributed by atoms with E-state index in [0.29, 0.717) is 47.7 Å². The van der Waals surface area contributed by atoms with E-state index in [4.69, 9.17) is 14.2 Å². The van der Waals surface area contributed by atoms with Gasteiger partial charge in [-0.05, 0) is 42.0 Å². The van der Waals surface area contributed by atoms with Gasteiger partial charge < -0.3 is 18.8 Å². The maximum Gasteiger partial charge on any atom is 0.258 e. The first-order valence-electron chi connectivity index (χ1n) is 12.2. The first kappa shape index (κ1) is 24.8. The fraction of sp³-hybridized carbons (Fsp3) is 0.250. The minimum Gasteiger partial charge on any atom is -0.487 e. The maximum absolute atomic E-state index is 12.7. The first-order chi connectivity index (χ1) is 18.2. The fourth-order valence-corrected chi connectivity index (χ4v) is 4.79. The summed E-state index contributed by atoms with van der Waals surface area (Å²) in [5, 5.41) is 9.47. The maximum atomic E-state index is 12.7. The number of benzene rings is 3. The molecule has 3 aromatic carbocycles. The van der Waals surface area contributed by atoms with Gasteiger partial charge in [0, 0.05) is 38.3 Å². The van der Waals surface area contributed by atoms with Crippen LogP contribution in [0.15, 0.2) is 77.6 Å². The van der Waals surface area contributed by atoms with Crippen molar-refractivity contribution in [1.82, 2.24) is 14.3 Å². The molecule has 0 aliphatic carbocycles. The molecule has 4 aromatic rings. The van der Waals surface area contributed by atoms with Crippen molar-refractivity contribution in [3.63, 3.8) is 0 Å². The molecule has 1 N–H and O–H groups in total. The van der Waals surface area contributed by atoms with E-state index >= 15 is 0 Å². The monoisotopic (exact) mass is 513 g/mol. The van der Waals surface area contributed by atoms with Crippen LogP contribution in [0, 0.1) is 11.3 Å². The smallest absolute Gasteiger partial charge is 0.258 e. The van der Waals surface area contributed by atoms with Crippen LogP contribution in [0.25, 0.3) is 10.9 Å². The van der Waals surface area contributed by atoms with E-state index in [0.717, 1.165) is 37.4 Å². The van der Waals surface area contributed by atoms with E-state index in [2.05, 4.69) is 25.2 Å². The van der Waals surface area contributed by atoms with Gasteiger partial charge in [0.05, 0.1) is 35.9 Å². The summed E-state index contributed by atoms with van der Waals surface area (Å²) in [6.07, 6.45) is 0.483. The standard InChI is InChI=1S/C28H27N5O3S/c29-19-21-9-11-23(12-10-21)32-14-16-33(17-15-32)37-36-18-13-26-30-27-24(28(34)31-26)7-4-8-25(27)35-20-22-5-2-1-3-6-22/h1-12H,13-18,20H2,(H,30,31,34). The van der Waals surface area contributed by atoms with Crippen molar-refractivity contribution in [2.45, 2.75) is 13.0 Å². The van der Waals surface area contributed by atoms with Crippen LogP contribution in [0.2, 0.25) is 0 Å². The molecule has 0 spiro atoms. The second-order valence-electron chi connectivity index (χ2n) is 8.66. The number of aromatic nitrogens is 2. The Morgan fingerprint density at radius 1 is 0.973 bits per heavy atom. The van der Waals surface area contributed by atoms with Crippen LogP contribution in [0.1, 0.15) is 17.0 Å². The SMILES string of the molecule is N#Cc1ccc(N2CCN(SOCCc3nc4c(OCc5ccccc5)cccc4c(=O)[nH]3)CC2)cc1. The van der Waals surface area contributed by atoms with Crippen LogP contribution in [-0.2, 0) is 17.2 Å². The number of H-pyrrole nitrogens is 1. The van der Waals surface area contributed by atoms with Gasteiger partial charge in [-0.3, -0.25) is 4.79 Å². The third-order valence-electron chi connectivity index (χ3n) is 6.17. The van der Waals surface area contributed by atoms with Crippen LogP contribution >= 0.6 is 12.2 Å². The highest BCUT2D eigenvalue weighted by Crippen LogP contribution is 2.23. The quantitative estimate of drug-likeness (QED) is 0.201. The Morgan fingerprint density at radius 2 is 1.76 bits per heavy atom. The summed E-state index contributed by atoms with van der Waals surface area (Å²) in [6, 6.07) is 25.1. The summed E-state index contributed by atoms with van der Waals surface area (Å²) < 4.78 is 14.0. The number of anilines is 1. The molecule has 0 unspecified atom stereocenters. The van der Waals surface area contributed by atoms with Crippen molar-refractivity contribution < 1.29 is 8.92 Å². The predicted octanol–water partition coefficient (Wildman–Crippen LogP) is 4.32. The van der Waals surface area contributed by atoms with Crippen molar-refractivity contribution >= 4 is 28.8 Å². The topological polar surface area (TPSA) is 94.5 Å². The fourth-order valence-electron chi connectivity index (χ4n) is 4.17. The largest absolute Gasteiger partial charge is 0.487 e. The number of piperazine rings is 1. The Kier molecular flexibility index (Phi) is 8.01. The summed E-state index contributed by atoms with van der Waals surface area (Å²) in [6.45, 7) is 4.31. The highest BCUT2D eigenvalue weighted by Gasteiger charge is 2.18. The van der Waals surface area contributed by atoms with E-state index < -0.39 is 0 Å². The zero-order valence-electron chi connectivity index (χ0n) is 20.3. The van der Waals surface area contributed by atoms with Crippen molar-refractivity contribution in [3.8, 4) is 11.8 Å². The molecular formula is C28H27N5O3S. The summed E-state index contributed by atoms with van der Waals surface area (Å²) in [5.74, 6) is 1.16. The van der Waals surface area contributed by atoms with Gasteiger partial charge in [0.1, 0.15) is 23.7 Å². The molecule has 1 fully saturated rings. The Hall–Kier alpha value is -3.84. The molecule has 5 rings (SSSR count). The van der Waals surface area contributed by atoms with Gasteiger partial charge in [0.25, 0.3) is 5.56 Å². The molecule has 0 bridgehead atoms. The highest BCUT2D eigenvalue weighted by atomic mass is 32.2. The van der Waals surface area contributed by atoms with Gasteiger partial charge in [0.15, 0.2) is 0 Å². The molecule has 1 saturated heterocycles. The number of nitrogens with zero attached hydrogens (tertiary/aromatic N) is 4. The molecule has 0 amide bonds. The molecule has 9 heteroatoms. The molecule has 1 aliphatic heterocycles. The van der Waals surface area contributed by atoms with Crippen LogP contribution in [0.4, 0.5) is 5.69 Å². The van der Waals surface area contributed by atoms with E-state index in [9.17, 15) is 4.79 Å². The second-order valence-corrected chi connectivity index (χ2v) is 9.56. The minimum atomic E-state index is -0.184. The van der Waals surface area contributed by atoms with Crippen molar-refractivity contribution in [2.75, 3.05) is 37.7 Å². The predicted molar refractivity (Wildman–Crippen MR) is 145 cm³/mol. The second kappa shape index (κ2) is 11.9. The van der Waals surface area contributed by atoms with Gasteiger partial charge in [-0.15, -0.1) is 0 Å². The molecule has 0 radical (unpaired) electrons. The molecule has 0 atom stereocenters. The van der Waals surface area contributed by atoms with E-state index in [1.165, 1.54) is 12.2 Å². The normalized spacial score (nSPS) is 14.0. The number of nitrogens with one attached hydrogen (secondary N) is 1. The number of hydrogen-bond donors (Lipinski definition) is 1. The Bertz CT molecular complexity index is 1430. The lowest BCUT2D eigenvalue weighted by Gasteiger charge is -2.34. The lowest BCUT2D eigenvalue weighted by Crippen LogP contribution is -2.43. The average Bonchev–Trinajstić information content (AvgIpc) is 2.95. The zero-order valence-corrected chi connectivity index (χ0v) is 21.1. The van der Waals surface area contributed by atoms with Crippen molar-refractivity contribution in [2.24, 2.45) is 0 Å². The molecule has 8 nitrogen and oxygen atoms in total. The van der Waals surface area contributed by atoms with Gasteiger partial charge in [-0.2, -0.15) is 5.26 Å². The Balaban J connectivity index is 1.13. The number of rotatable bonds is 9. The van der Waals surface area contributed by atoms with Crippen LogP contribution in [-0.4, -0.2) is 47.1 Å². The van der Waals surface area contributed by atoms with Gasteiger partial charge >= 0.3 is 0 Å². The summed E-state index contributed by atoms with van der Waals surface area (Å²) in [7, 11) is 0. The number of hydrogen-bond acceptors (Lipinski definition) is 8. The third kappa shape index (κ3) is 6.30. The average molecular weight is 514 g/mol. The number of aromatic amines is 1. The molecule has 188 valence electrons. The number of para-hydroxylation sites is 1. The molecule has 2 heterocycles. The Morgan fingerprint density at radius 3 is 2.51 bits per heavy atom. The van der Waals surface area contributed by atoms with Crippen molar-refractivity contribution in [3.05, 3.63) is 100 Å².